The van der Waals surface area contributed by atoms with Gasteiger partial charge in [0.25, 0.3) is 5.91 Å². The van der Waals surface area contributed by atoms with E-state index in [1.54, 1.807) is 11.9 Å². The van der Waals surface area contributed by atoms with Crippen molar-refractivity contribution in [2.75, 3.05) is 11.9 Å². The number of hydrogen-bond donors (Lipinski definition) is 1. The summed E-state index contributed by atoms with van der Waals surface area (Å²) in [5.74, 6) is 2.31. The molecule has 126 valence electrons. The van der Waals surface area contributed by atoms with Crippen molar-refractivity contribution in [2.45, 2.75) is 44.6 Å². The summed E-state index contributed by atoms with van der Waals surface area (Å²) in [6, 6.07) is 7.28. The third kappa shape index (κ3) is 1.92. The van der Waals surface area contributed by atoms with Crippen molar-refractivity contribution in [2.24, 2.45) is 23.2 Å². The Morgan fingerprint density at radius 2 is 1.67 bits per heavy atom. The first-order chi connectivity index (χ1) is 11.6. The number of rotatable bonds is 2. The maximum atomic E-state index is 13.2. The van der Waals surface area contributed by atoms with E-state index in [4.69, 9.17) is 0 Å². The van der Waals surface area contributed by atoms with Crippen molar-refractivity contribution in [3.63, 3.8) is 0 Å². The van der Waals surface area contributed by atoms with Crippen LogP contribution in [-0.2, 0) is 9.59 Å². The van der Waals surface area contributed by atoms with Crippen molar-refractivity contribution < 1.29 is 9.59 Å². The van der Waals surface area contributed by atoms with Crippen molar-refractivity contribution >= 4 is 17.5 Å². The number of carbonyl (C=O) groups excluding carboxylic acids is 2. The van der Waals surface area contributed by atoms with Gasteiger partial charge in [0.05, 0.1) is 0 Å². The number of anilines is 1. The molecule has 4 saturated carbocycles. The topological polar surface area (TPSA) is 49.4 Å². The molecule has 1 atom stereocenters. The Hall–Kier alpha value is -1.84. The number of nitrogens with zero attached hydrogens (tertiary/aromatic N) is 1. The summed E-state index contributed by atoms with van der Waals surface area (Å²) in [5.41, 5.74) is 1.65. The number of hydrogen-bond acceptors (Lipinski definition) is 2. The molecule has 1 aromatic rings. The van der Waals surface area contributed by atoms with Gasteiger partial charge in [-0.2, -0.15) is 0 Å². The highest BCUT2D eigenvalue weighted by atomic mass is 16.2. The van der Waals surface area contributed by atoms with E-state index in [0.717, 1.165) is 48.3 Å². The third-order valence-corrected chi connectivity index (χ3v) is 6.98. The Balaban J connectivity index is 1.42. The average Bonchev–Trinajstić information content (AvgIpc) is 2.79. The monoisotopic (exact) mass is 324 g/mol. The van der Waals surface area contributed by atoms with Gasteiger partial charge >= 0.3 is 0 Å². The molecule has 1 aliphatic heterocycles. The summed E-state index contributed by atoms with van der Waals surface area (Å²) < 4.78 is 0. The van der Waals surface area contributed by atoms with Gasteiger partial charge in [0.1, 0.15) is 6.04 Å². The lowest BCUT2D eigenvalue weighted by Crippen LogP contribution is -2.54. The van der Waals surface area contributed by atoms with E-state index in [1.807, 2.05) is 24.3 Å². The Kier molecular flexibility index (Phi) is 2.92. The van der Waals surface area contributed by atoms with Gasteiger partial charge in [0.15, 0.2) is 0 Å². The molecule has 0 saturated heterocycles. The second-order valence-corrected chi connectivity index (χ2v) is 8.56. The summed E-state index contributed by atoms with van der Waals surface area (Å²) in [5, 5.41) is 3.14. The molecule has 0 aromatic heterocycles. The Morgan fingerprint density at radius 1 is 1.08 bits per heavy atom. The largest absolute Gasteiger partial charge is 0.340 e. The maximum Gasteiger partial charge on any atom is 0.254 e. The second-order valence-electron chi connectivity index (χ2n) is 8.56. The lowest BCUT2D eigenvalue weighted by atomic mass is 9.49. The molecule has 4 heteroatoms. The van der Waals surface area contributed by atoms with E-state index in [0.29, 0.717) is 0 Å². The molecule has 4 aliphatic carbocycles. The molecule has 0 spiro atoms. The highest BCUT2D eigenvalue weighted by Gasteiger charge is 2.55. The van der Waals surface area contributed by atoms with Gasteiger partial charge in [-0.05, 0) is 62.3 Å². The molecule has 1 aromatic carbocycles. The number of amides is 2. The normalized spacial score (nSPS) is 39.2. The lowest BCUT2D eigenvalue weighted by molar-refractivity contribution is -0.148. The van der Waals surface area contributed by atoms with Gasteiger partial charge in [0.2, 0.25) is 5.91 Å². The van der Waals surface area contributed by atoms with Crippen LogP contribution in [0.25, 0.3) is 0 Å². The second kappa shape index (κ2) is 4.84. The number of carbonyl (C=O) groups is 2. The molecule has 0 radical (unpaired) electrons. The highest BCUT2D eigenvalue weighted by Crippen LogP contribution is 2.60. The van der Waals surface area contributed by atoms with E-state index in [-0.39, 0.29) is 17.2 Å². The zero-order chi connectivity index (χ0) is 16.5. The van der Waals surface area contributed by atoms with Gasteiger partial charge in [-0.15, -0.1) is 0 Å². The fourth-order valence-corrected chi connectivity index (χ4v) is 6.29. The predicted molar refractivity (Wildman–Crippen MR) is 91.3 cm³/mol. The third-order valence-electron chi connectivity index (χ3n) is 6.98. The minimum atomic E-state index is -0.508. The van der Waals surface area contributed by atoms with Crippen LogP contribution in [0, 0.1) is 23.2 Å². The summed E-state index contributed by atoms with van der Waals surface area (Å²) in [4.78, 5) is 27.5. The molecule has 24 heavy (non-hydrogen) atoms. The van der Waals surface area contributed by atoms with Crippen LogP contribution >= 0.6 is 0 Å². The van der Waals surface area contributed by atoms with Gasteiger partial charge in [-0.1, -0.05) is 18.2 Å². The van der Waals surface area contributed by atoms with Crippen molar-refractivity contribution in [1.82, 2.24) is 5.32 Å². The number of benzene rings is 1. The van der Waals surface area contributed by atoms with Gasteiger partial charge < -0.3 is 10.2 Å². The van der Waals surface area contributed by atoms with Gasteiger partial charge in [0, 0.05) is 23.7 Å². The molecule has 4 bridgehead atoms. The maximum absolute atomic E-state index is 13.2. The Morgan fingerprint density at radius 3 is 2.29 bits per heavy atom. The number of likely N-dealkylation sites (N-methyl/N-ethyl adjacent to an activating group) is 1. The fourth-order valence-electron chi connectivity index (χ4n) is 6.29. The zero-order valence-electron chi connectivity index (χ0n) is 14.1. The first-order valence-electron chi connectivity index (χ1n) is 9.23. The SMILES string of the molecule is CN1C(=O)[C@@H](NC(=O)C23CC4CC(CC(C4)C2)C3)c2ccccc21. The van der Waals surface area contributed by atoms with Crippen LogP contribution in [0.1, 0.15) is 50.1 Å². The van der Waals surface area contributed by atoms with Gasteiger partial charge in [-0.3, -0.25) is 9.59 Å². The van der Waals surface area contributed by atoms with Crippen LogP contribution in [0.15, 0.2) is 24.3 Å². The lowest BCUT2D eigenvalue weighted by Gasteiger charge is -2.55. The summed E-state index contributed by atoms with van der Waals surface area (Å²) in [6.07, 6.45) is 7.05. The Labute approximate surface area is 142 Å². The minimum Gasteiger partial charge on any atom is -0.340 e. The van der Waals surface area contributed by atoms with Crippen molar-refractivity contribution in [1.29, 1.82) is 0 Å². The van der Waals surface area contributed by atoms with E-state index >= 15 is 0 Å². The molecule has 1 N–H and O–H groups in total. The molecule has 4 fully saturated rings. The van der Waals surface area contributed by atoms with Crippen LogP contribution in [0.2, 0.25) is 0 Å². The van der Waals surface area contributed by atoms with E-state index in [1.165, 1.54) is 19.3 Å². The molecule has 4 nitrogen and oxygen atoms in total. The van der Waals surface area contributed by atoms with Gasteiger partial charge in [-0.25, -0.2) is 0 Å². The highest BCUT2D eigenvalue weighted by molar-refractivity contribution is 6.06. The minimum absolute atomic E-state index is 0.0192. The van der Waals surface area contributed by atoms with E-state index in [2.05, 4.69) is 5.32 Å². The van der Waals surface area contributed by atoms with Crippen molar-refractivity contribution in [3.05, 3.63) is 29.8 Å². The molecule has 5 aliphatic rings. The predicted octanol–water partition coefficient (Wildman–Crippen LogP) is 3.04. The molecule has 1 heterocycles. The summed E-state index contributed by atoms with van der Waals surface area (Å²) >= 11 is 0. The van der Waals surface area contributed by atoms with Crippen LogP contribution in [0.5, 0.6) is 0 Å². The molecule has 0 unspecified atom stereocenters. The number of fused-ring (bicyclic) bond motifs is 1. The first-order valence-corrected chi connectivity index (χ1v) is 9.23. The molecule has 6 rings (SSSR count). The van der Waals surface area contributed by atoms with Crippen LogP contribution in [-0.4, -0.2) is 18.9 Å². The summed E-state index contributed by atoms with van der Waals surface area (Å²) in [7, 11) is 1.79. The van der Waals surface area contributed by atoms with Crippen LogP contribution in [0.3, 0.4) is 0 Å². The first kappa shape index (κ1) is 14.5. The van der Waals surface area contributed by atoms with Crippen LogP contribution < -0.4 is 10.2 Å². The number of para-hydroxylation sites is 1. The summed E-state index contributed by atoms with van der Waals surface area (Å²) in [6.45, 7) is 0. The molecular weight excluding hydrogens is 300 g/mol. The van der Waals surface area contributed by atoms with Crippen LogP contribution in [0.4, 0.5) is 5.69 Å². The fraction of sp³-hybridized carbons (Fsp3) is 0.600. The zero-order valence-corrected chi connectivity index (χ0v) is 14.1. The smallest absolute Gasteiger partial charge is 0.254 e. The van der Waals surface area contributed by atoms with Crippen molar-refractivity contribution in [3.8, 4) is 0 Å². The molecular formula is C20H24N2O2. The standard InChI is InChI=1S/C20H24N2O2/c1-22-16-5-3-2-4-15(16)17(18(22)23)21-19(24)20-9-12-6-13(10-20)8-14(7-12)11-20/h2-5,12-14,17H,6-11H2,1H3,(H,21,24)/t12?,13?,14?,17-,20?/m0/s1. The quantitative estimate of drug-likeness (QED) is 0.909. The van der Waals surface area contributed by atoms with E-state index in [9.17, 15) is 9.59 Å². The average molecular weight is 324 g/mol. The molecule has 2 amide bonds. The van der Waals surface area contributed by atoms with E-state index < -0.39 is 6.04 Å². The Bertz CT molecular complexity index is 691. The number of nitrogens with one attached hydrogen (secondary N) is 1.